The van der Waals surface area contributed by atoms with Gasteiger partial charge in [-0.3, -0.25) is 4.79 Å². The number of rotatable bonds is 4. The molecule has 0 atom stereocenters. The third kappa shape index (κ3) is 4.41. The van der Waals surface area contributed by atoms with E-state index in [2.05, 4.69) is 0 Å². The highest BCUT2D eigenvalue weighted by Crippen LogP contribution is 2.17. The Morgan fingerprint density at radius 1 is 1.43 bits per heavy atom. The van der Waals surface area contributed by atoms with E-state index in [0.717, 1.165) is 5.56 Å². The number of morpholine rings is 1. The van der Waals surface area contributed by atoms with Crippen molar-refractivity contribution < 1.29 is 14.3 Å². The molecule has 5 nitrogen and oxygen atoms in total. The Bertz CT molecular complexity index is 528. The van der Waals surface area contributed by atoms with Crippen LogP contribution >= 0.6 is 12.2 Å². The number of benzene rings is 1. The van der Waals surface area contributed by atoms with E-state index in [9.17, 15) is 4.79 Å². The van der Waals surface area contributed by atoms with Crippen molar-refractivity contribution in [1.82, 2.24) is 4.90 Å². The molecule has 0 aliphatic carbocycles. The zero-order valence-corrected chi connectivity index (χ0v) is 13.1. The second-order valence-electron chi connectivity index (χ2n) is 5.60. The van der Waals surface area contributed by atoms with Crippen molar-refractivity contribution in [1.29, 1.82) is 0 Å². The number of ether oxygens (including phenoxy) is 2. The van der Waals surface area contributed by atoms with Crippen molar-refractivity contribution in [2.24, 2.45) is 5.73 Å². The molecule has 6 heteroatoms. The molecule has 1 aromatic rings. The number of amides is 1. The van der Waals surface area contributed by atoms with Crippen molar-refractivity contribution in [3.05, 3.63) is 29.8 Å². The van der Waals surface area contributed by atoms with Gasteiger partial charge in [-0.25, -0.2) is 0 Å². The van der Waals surface area contributed by atoms with E-state index < -0.39 is 0 Å². The first-order chi connectivity index (χ1) is 9.87. The predicted octanol–water partition coefficient (Wildman–Crippen LogP) is 1.34. The van der Waals surface area contributed by atoms with Crippen LogP contribution in [0.2, 0.25) is 0 Å². The zero-order valence-electron chi connectivity index (χ0n) is 12.3. The molecule has 2 rings (SSSR count). The summed E-state index contributed by atoms with van der Waals surface area (Å²) in [4.78, 5) is 14.3. The fourth-order valence-corrected chi connectivity index (χ4v) is 2.32. The molecule has 114 valence electrons. The fraction of sp³-hybridized carbons (Fsp3) is 0.467. The second kappa shape index (κ2) is 6.41. The molecule has 1 fully saturated rings. The maximum atomic E-state index is 12.1. The van der Waals surface area contributed by atoms with E-state index in [1.807, 2.05) is 13.8 Å². The van der Waals surface area contributed by atoms with Gasteiger partial charge in [-0.15, -0.1) is 0 Å². The van der Waals surface area contributed by atoms with Crippen molar-refractivity contribution in [3.8, 4) is 5.75 Å². The van der Waals surface area contributed by atoms with E-state index in [1.54, 1.807) is 29.2 Å². The lowest BCUT2D eigenvalue weighted by atomic mass is 10.1. The van der Waals surface area contributed by atoms with Gasteiger partial charge in [0, 0.05) is 18.7 Å². The first-order valence-electron chi connectivity index (χ1n) is 6.82. The minimum Gasteiger partial charge on any atom is -0.484 e. The first-order valence-corrected chi connectivity index (χ1v) is 7.23. The Morgan fingerprint density at radius 3 is 2.67 bits per heavy atom. The summed E-state index contributed by atoms with van der Waals surface area (Å²) in [5.41, 5.74) is 6.00. The summed E-state index contributed by atoms with van der Waals surface area (Å²) < 4.78 is 11.1. The van der Waals surface area contributed by atoms with Crippen LogP contribution in [0.1, 0.15) is 19.4 Å². The molecule has 1 aliphatic heterocycles. The Balaban J connectivity index is 1.87. The lowest BCUT2D eigenvalue weighted by Gasteiger charge is -2.38. The van der Waals surface area contributed by atoms with Gasteiger partial charge in [-0.1, -0.05) is 12.2 Å². The number of hydrogen-bond donors (Lipinski definition) is 1. The summed E-state index contributed by atoms with van der Waals surface area (Å²) in [5.74, 6) is 0.584. The van der Waals surface area contributed by atoms with Gasteiger partial charge in [0.1, 0.15) is 10.7 Å². The average Bonchev–Trinajstić information content (AvgIpc) is 2.44. The summed E-state index contributed by atoms with van der Waals surface area (Å²) in [6.07, 6.45) is 0. The molecule has 0 spiro atoms. The van der Waals surface area contributed by atoms with Gasteiger partial charge in [0.2, 0.25) is 0 Å². The first kappa shape index (κ1) is 15.7. The van der Waals surface area contributed by atoms with Crippen LogP contribution in [0.5, 0.6) is 5.75 Å². The second-order valence-corrected chi connectivity index (χ2v) is 6.04. The summed E-state index contributed by atoms with van der Waals surface area (Å²) in [5, 5.41) is 0. The van der Waals surface area contributed by atoms with Crippen LogP contribution in [0.25, 0.3) is 0 Å². The van der Waals surface area contributed by atoms with Crippen LogP contribution < -0.4 is 10.5 Å². The van der Waals surface area contributed by atoms with Crippen LogP contribution in [-0.4, -0.2) is 47.7 Å². The van der Waals surface area contributed by atoms with Gasteiger partial charge in [0.15, 0.2) is 6.61 Å². The monoisotopic (exact) mass is 308 g/mol. The maximum absolute atomic E-state index is 12.1. The minimum atomic E-state index is -0.299. The zero-order chi connectivity index (χ0) is 15.5. The van der Waals surface area contributed by atoms with Crippen LogP contribution in [0.4, 0.5) is 0 Å². The summed E-state index contributed by atoms with van der Waals surface area (Å²) >= 11 is 4.88. The van der Waals surface area contributed by atoms with Crippen molar-refractivity contribution in [2.45, 2.75) is 19.4 Å². The van der Waals surface area contributed by atoms with Crippen molar-refractivity contribution in [2.75, 3.05) is 26.3 Å². The number of thiocarbonyl (C=S) groups is 1. The van der Waals surface area contributed by atoms with Crippen LogP contribution in [0.3, 0.4) is 0 Å². The number of nitrogens with zero attached hydrogens (tertiary/aromatic N) is 1. The lowest BCUT2D eigenvalue weighted by molar-refractivity contribution is -0.147. The van der Waals surface area contributed by atoms with E-state index in [0.29, 0.717) is 30.4 Å². The van der Waals surface area contributed by atoms with E-state index in [-0.39, 0.29) is 18.1 Å². The highest BCUT2D eigenvalue weighted by atomic mass is 32.1. The smallest absolute Gasteiger partial charge is 0.260 e. The predicted molar refractivity (Wildman–Crippen MR) is 84.4 cm³/mol. The number of hydrogen-bond acceptors (Lipinski definition) is 4. The summed E-state index contributed by atoms with van der Waals surface area (Å²) in [6.45, 7) is 5.70. The van der Waals surface area contributed by atoms with E-state index >= 15 is 0 Å². The van der Waals surface area contributed by atoms with Gasteiger partial charge in [-0.05, 0) is 38.1 Å². The molecule has 0 radical (unpaired) electrons. The highest BCUT2D eigenvalue weighted by molar-refractivity contribution is 7.80. The Kier molecular flexibility index (Phi) is 4.80. The Hall–Kier alpha value is -1.66. The molecular formula is C15H20N2O3S. The molecule has 1 aliphatic rings. The van der Waals surface area contributed by atoms with E-state index in [1.165, 1.54) is 0 Å². The lowest BCUT2D eigenvalue weighted by Crippen LogP contribution is -2.51. The molecule has 0 unspecified atom stereocenters. The van der Waals surface area contributed by atoms with Crippen molar-refractivity contribution in [3.63, 3.8) is 0 Å². The van der Waals surface area contributed by atoms with Crippen LogP contribution in [0.15, 0.2) is 24.3 Å². The Morgan fingerprint density at radius 2 is 2.10 bits per heavy atom. The summed E-state index contributed by atoms with van der Waals surface area (Å²) in [6, 6.07) is 7.07. The van der Waals surface area contributed by atoms with Crippen LogP contribution in [-0.2, 0) is 9.53 Å². The van der Waals surface area contributed by atoms with Gasteiger partial charge < -0.3 is 20.1 Å². The molecular weight excluding hydrogens is 288 g/mol. The third-order valence-corrected chi connectivity index (χ3v) is 3.52. The molecule has 1 amide bonds. The molecule has 0 aromatic heterocycles. The van der Waals surface area contributed by atoms with Gasteiger partial charge in [0.05, 0.1) is 12.2 Å². The molecule has 0 saturated carbocycles. The number of nitrogens with two attached hydrogens (primary N) is 1. The quantitative estimate of drug-likeness (QED) is 0.850. The number of carbonyl (C=O) groups excluding carboxylic acids is 1. The fourth-order valence-electron chi connectivity index (χ4n) is 2.18. The minimum absolute atomic E-state index is 0.0164. The standard InChI is InChI=1S/C15H20N2O3S/c1-15(2)10-17(7-8-20-15)13(18)9-19-12-5-3-11(4-6-12)14(16)21/h3-6H,7-10H2,1-2H3,(H2,16,21). The molecule has 2 N–H and O–H groups in total. The summed E-state index contributed by atoms with van der Waals surface area (Å²) in [7, 11) is 0. The van der Waals surface area contributed by atoms with Gasteiger partial charge in [0.25, 0.3) is 5.91 Å². The molecule has 21 heavy (non-hydrogen) atoms. The molecule has 0 bridgehead atoms. The largest absolute Gasteiger partial charge is 0.484 e. The Labute approximate surface area is 130 Å². The molecule has 1 saturated heterocycles. The average molecular weight is 308 g/mol. The third-order valence-electron chi connectivity index (χ3n) is 3.28. The normalized spacial score (nSPS) is 17.3. The number of carbonyl (C=O) groups is 1. The maximum Gasteiger partial charge on any atom is 0.260 e. The topological polar surface area (TPSA) is 64.8 Å². The van der Waals surface area contributed by atoms with Crippen molar-refractivity contribution >= 4 is 23.1 Å². The molecule has 1 aromatic carbocycles. The SMILES string of the molecule is CC1(C)CN(C(=O)COc2ccc(C(N)=S)cc2)CCO1. The van der Waals surface area contributed by atoms with Crippen LogP contribution in [0, 0.1) is 0 Å². The highest BCUT2D eigenvalue weighted by Gasteiger charge is 2.29. The molecule has 1 heterocycles. The van der Waals surface area contributed by atoms with Gasteiger partial charge >= 0.3 is 0 Å². The van der Waals surface area contributed by atoms with E-state index in [4.69, 9.17) is 27.4 Å². The van der Waals surface area contributed by atoms with Gasteiger partial charge in [-0.2, -0.15) is 0 Å².